The number of likely N-dealkylation sites (tertiary alicyclic amines) is 1. The molecule has 4 atom stereocenters. The Morgan fingerprint density at radius 2 is 2.03 bits per heavy atom. The molecule has 2 N–H and O–H groups in total. The van der Waals surface area contributed by atoms with Crippen LogP contribution < -0.4 is 10.6 Å². The second-order valence-corrected chi connectivity index (χ2v) is 8.81. The van der Waals surface area contributed by atoms with Gasteiger partial charge in [0.15, 0.2) is 11.5 Å². The summed E-state index contributed by atoms with van der Waals surface area (Å²) in [6.07, 6.45) is 3.73. The molecule has 1 amide bonds. The number of nitrogens with one attached hydrogen (secondary N) is 2. The maximum absolute atomic E-state index is 14.5. The van der Waals surface area contributed by atoms with Crippen LogP contribution in [0.2, 0.25) is 0 Å². The van der Waals surface area contributed by atoms with Crippen LogP contribution in [-0.2, 0) is 11.0 Å². The van der Waals surface area contributed by atoms with Crippen molar-refractivity contribution in [3.8, 4) is 0 Å². The lowest BCUT2D eigenvalue weighted by atomic mass is 10.00. The van der Waals surface area contributed by atoms with Crippen molar-refractivity contribution in [3.63, 3.8) is 0 Å². The zero-order chi connectivity index (χ0) is 24.0. The molecular formula is C23H22F4N6O. The van der Waals surface area contributed by atoms with Gasteiger partial charge < -0.3 is 15.5 Å². The van der Waals surface area contributed by atoms with Crippen LogP contribution in [0.3, 0.4) is 0 Å². The van der Waals surface area contributed by atoms with E-state index < -0.39 is 17.7 Å². The third-order valence-corrected chi connectivity index (χ3v) is 6.44. The van der Waals surface area contributed by atoms with Gasteiger partial charge in [0, 0.05) is 24.8 Å². The molecule has 0 radical (unpaired) electrons. The number of rotatable bonds is 4. The number of fused-ring (bicyclic) bond motifs is 2. The van der Waals surface area contributed by atoms with Gasteiger partial charge in [-0.15, -0.1) is 0 Å². The number of aromatic nitrogens is 3. The third kappa shape index (κ3) is 4.10. The number of nitrogens with zero attached hydrogens (tertiary/aromatic N) is 4. The summed E-state index contributed by atoms with van der Waals surface area (Å²) in [7, 11) is 0. The van der Waals surface area contributed by atoms with Crippen molar-refractivity contribution in [2.24, 2.45) is 5.92 Å². The summed E-state index contributed by atoms with van der Waals surface area (Å²) in [4.78, 5) is 26.8. The van der Waals surface area contributed by atoms with Gasteiger partial charge in [-0.25, -0.2) is 14.4 Å². The van der Waals surface area contributed by atoms with Crippen molar-refractivity contribution in [2.75, 3.05) is 11.9 Å². The summed E-state index contributed by atoms with van der Waals surface area (Å²) in [6.45, 7) is 2.45. The summed E-state index contributed by atoms with van der Waals surface area (Å²) < 4.78 is 52.8. The number of carbonyl (C=O) groups excluding carboxylic acids is 1. The average molecular weight is 474 g/mol. The van der Waals surface area contributed by atoms with E-state index in [1.165, 1.54) is 18.3 Å². The number of anilines is 1. The van der Waals surface area contributed by atoms with Crippen LogP contribution >= 0.6 is 0 Å². The van der Waals surface area contributed by atoms with E-state index in [9.17, 15) is 22.4 Å². The molecule has 2 fully saturated rings. The Labute approximate surface area is 193 Å². The molecule has 4 heterocycles. The van der Waals surface area contributed by atoms with Crippen molar-refractivity contribution in [3.05, 3.63) is 65.7 Å². The number of alkyl halides is 3. The molecule has 3 aliphatic rings. The Morgan fingerprint density at radius 3 is 2.71 bits per heavy atom. The van der Waals surface area contributed by atoms with E-state index in [1.54, 1.807) is 11.0 Å². The van der Waals surface area contributed by atoms with Gasteiger partial charge in [-0.05, 0) is 43.9 Å². The number of hydrogen-bond donors (Lipinski definition) is 2. The molecule has 2 bridgehead atoms. The van der Waals surface area contributed by atoms with Gasteiger partial charge in [0.05, 0.1) is 29.7 Å². The summed E-state index contributed by atoms with van der Waals surface area (Å²) in [5.74, 6) is -0.292. The fourth-order valence-corrected chi connectivity index (χ4v) is 4.93. The quantitative estimate of drug-likeness (QED) is 0.662. The summed E-state index contributed by atoms with van der Waals surface area (Å²) in [5.41, 5.74) is -0.300. The summed E-state index contributed by atoms with van der Waals surface area (Å²) in [6, 6.07) is 2.34. The fourth-order valence-electron chi connectivity index (χ4n) is 4.93. The van der Waals surface area contributed by atoms with Crippen LogP contribution in [0.1, 0.15) is 31.2 Å². The molecule has 0 spiro atoms. The van der Waals surface area contributed by atoms with Gasteiger partial charge in [-0.1, -0.05) is 6.08 Å². The maximum atomic E-state index is 14.5. The molecule has 1 saturated heterocycles. The van der Waals surface area contributed by atoms with Gasteiger partial charge in [0.25, 0.3) is 5.91 Å². The normalized spacial score (nSPS) is 26.1. The topological polar surface area (TPSA) is 83.0 Å². The second kappa shape index (κ2) is 8.37. The monoisotopic (exact) mass is 474 g/mol. The number of pyridine rings is 1. The van der Waals surface area contributed by atoms with Crippen LogP contribution in [0.25, 0.3) is 5.70 Å². The highest BCUT2D eigenvalue weighted by Gasteiger charge is 2.48. The summed E-state index contributed by atoms with van der Waals surface area (Å²) in [5, 5.41) is 6.30. The number of halogens is 4. The first-order valence-corrected chi connectivity index (χ1v) is 11.0. The molecule has 4 unspecified atom stereocenters. The number of piperidine rings is 1. The standard InChI is InChI=1S/C23H22F4N6O/c1-12-4-5-14(20(31-12)21-15(24)3-2-6-28-21)22(34)33-11-13-7-16(17(33)8-13)32-19-10-29-18(9-30-19)23(25,26)27/h2-6,9-10,12-13,16-17,31H,7-8,11H2,1H3,(H,30,32). The first kappa shape index (κ1) is 22.3. The molecule has 0 aromatic carbocycles. The predicted octanol–water partition coefficient (Wildman–Crippen LogP) is 3.39. The lowest BCUT2D eigenvalue weighted by molar-refractivity contribution is -0.141. The minimum absolute atomic E-state index is 0.0844. The van der Waals surface area contributed by atoms with E-state index in [0.29, 0.717) is 24.0 Å². The molecule has 2 aliphatic heterocycles. The number of amides is 1. The third-order valence-electron chi connectivity index (χ3n) is 6.44. The van der Waals surface area contributed by atoms with Crippen LogP contribution in [0.5, 0.6) is 0 Å². The lowest BCUT2D eigenvalue weighted by Crippen LogP contribution is -2.48. The van der Waals surface area contributed by atoms with Crippen molar-refractivity contribution >= 4 is 17.4 Å². The zero-order valence-corrected chi connectivity index (χ0v) is 18.2. The Balaban J connectivity index is 1.38. The molecule has 34 heavy (non-hydrogen) atoms. The Morgan fingerprint density at radius 1 is 1.21 bits per heavy atom. The lowest BCUT2D eigenvalue weighted by Gasteiger charge is -2.35. The van der Waals surface area contributed by atoms with Crippen LogP contribution in [0, 0.1) is 11.7 Å². The minimum Gasteiger partial charge on any atom is -0.377 e. The largest absolute Gasteiger partial charge is 0.434 e. The Kier molecular flexibility index (Phi) is 5.49. The highest BCUT2D eigenvalue weighted by molar-refractivity contribution is 6.04. The van der Waals surface area contributed by atoms with Crippen LogP contribution in [-0.4, -0.2) is 50.4 Å². The molecule has 11 heteroatoms. The van der Waals surface area contributed by atoms with E-state index in [1.807, 2.05) is 13.0 Å². The van der Waals surface area contributed by atoms with E-state index in [4.69, 9.17) is 0 Å². The Bertz CT molecular complexity index is 1160. The van der Waals surface area contributed by atoms with Crippen molar-refractivity contribution in [1.29, 1.82) is 0 Å². The molecule has 7 nitrogen and oxygen atoms in total. The van der Waals surface area contributed by atoms with E-state index in [-0.39, 0.29) is 41.5 Å². The first-order chi connectivity index (χ1) is 16.2. The number of carbonyl (C=O) groups is 1. The van der Waals surface area contributed by atoms with Crippen LogP contribution in [0.4, 0.5) is 23.4 Å². The summed E-state index contributed by atoms with van der Waals surface area (Å²) >= 11 is 0. The van der Waals surface area contributed by atoms with E-state index in [2.05, 4.69) is 25.6 Å². The molecule has 178 valence electrons. The van der Waals surface area contributed by atoms with Crippen LogP contribution in [0.15, 0.2) is 48.4 Å². The van der Waals surface area contributed by atoms with Crippen molar-refractivity contribution in [1.82, 2.24) is 25.2 Å². The molecule has 2 aromatic rings. The SMILES string of the molecule is CC1C=CC(C(=O)N2CC3CC(Nc4cnc(C(F)(F)F)cn4)C2C3)=C(c2ncccc2F)N1. The molecule has 1 aliphatic carbocycles. The molecular weight excluding hydrogens is 452 g/mol. The first-order valence-electron chi connectivity index (χ1n) is 11.0. The van der Waals surface area contributed by atoms with Gasteiger partial charge in [-0.2, -0.15) is 13.2 Å². The predicted molar refractivity (Wildman–Crippen MR) is 116 cm³/mol. The molecule has 1 saturated carbocycles. The second-order valence-electron chi connectivity index (χ2n) is 8.81. The van der Waals surface area contributed by atoms with Gasteiger partial charge in [0.1, 0.15) is 11.5 Å². The highest BCUT2D eigenvalue weighted by atomic mass is 19.4. The average Bonchev–Trinajstić information content (AvgIpc) is 3.39. The van der Waals surface area contributed by atoms with E-state index >= 15 is 0 Å². The maximum Gasteiger partial charge on any atom is 0.434 e. The minimum atomic E-state index is -4.56. The molecule has 5 rings (SSSR count). The van der Waals surface area contributed by atoms with Gasteiger partial charge >= 0.3 is 6.18 Å². The fraction of sp³-hybridized carbons (Fsp3) is 0.391. The highest BCUT2D eigenvalue weighted by Crippen LogP contribution is 2.40. The van der Waals surface area contributed by atoms with Gasteiger partial charge in [-0.3, -0.25) is 9.78 Å². The smallest absolute Gasteiger partial charge is 0.377 e. The Hall–Kier alpha value is -3.50. The van der Waals surface area contributed by atoms with Crippen molar-refractivity contribution < 1.29 is 22.4 Å². The zero-order valence-electron chi connectivity index (χ0n) is 18.2. The number of dihydropyridines is 1. The van der Waals surface area contributed by atoms with Gasteiger partial charge in [0.2, 0.25) is 0 Å². The molecule has 2 aromatic heterocycles. The number of hydrogen-bond acceptors (Lipinski definition) is 6. The van der Waals surface area contributed by atoms with E-state index in [0.717, 1.165) is 19.0 Å². The van der Waals surface area contributed by atoms with Crippen molar-refractivity contribution in [2.45, 2.75) is 44.1 Å².